The molecular weight excluding hydrogens is 314 g/mol. The second-order valence-corrected chi connectivity index (χ2v) is 7.04. The maximum absolute atomic E-state index is 12.1. The largest absolute Gasteiger partial charge is 0.388 e. The average molecular weight is 343 g/mol. The lowest BCUT2D eigenvalue weighted by molar-refractivity contribution is -0.111. The predicted octanol–water partition coefficient (Wildman–Crippen LogP) is 3.41. The van der Waals surface area contributed by atoms with Crippen molar-refractivity contribution < 1.29 is 14.7 Å². The van der Waals surface area contributed by atoms with E-state index >= 15 is 0 Å². The first kappa shape index (κ1) is 20.8. The molecule has 0 aromatic heterocycles. The van der Waals surface area contributed by atoms with Gasteiger partial charge < -0.3 is 10.4 Å². The Morgan fingerprint density at radius 2 is 2.08 bits per heavy atom. The van der Waals surface area contributed by atoms with Crippen molar-refractivity contribution in [1.82, 2.24) is 5.32 Å². The molecule has 0 aliphatic carbocycles. The Hall–Kier alpha value is -2.20. The van der Waals surface area contributed by atoms with Crippen LogP contribution in [0.25, 0.3) is 0 Å². The smallest absolute Gasteiger partial charge is 0.201 e. The molecule has 0 saturated heterocycles. The summed E-state index contributed by atoms with van der Waals surface area (Å²) in [4.78, 5) is 22.7. The number of hydrogen-bond donors (Lipinski definition) is 2. The molecule has 0 aromatic rings. The van der Waals surface area contributed by atoms with E-state index in [1.54, 1.807) is 31.2 Å². The lowest BCUT2D eigenvalue weighted by Crippen LogP contribution is -2.27. The van der Waals surface area contributed by atoms with Crippen molar-refractivity contribution in [2.45, 2.75) is 46.6 Å². The van der Waals surface area contributed by atoms with E-state index in [0.29, 0.717) is 17.8 Å². The molecule has 2 N–H and O–H groups in total. The van der Waals surface area contributed by atoms with Crippen molar-refractivity contribution in [1.29, 1.82) is 0 Å². The van der Waals surface area contributed by atoms with Gasteiger partial charge in [-0.1, -0.05) is 44.2 Å². The Balaban J connectivity index is 2.63. The van der Waals surface area contributed by atoms with Crippen LogP contribution in [0.1, 0.15) is 40.5 Å². The van der Waals surface area contributed by atoms with Gasteiger partial charge in [0.25, 0.3) is 0 Å². The van der Waals surface area contributed by atoms with Gasteiger partial charge in [0.15, 0.2) is 0 Å². The summed E-state index contributed by atoms with van der Waals surface area (Å²) in [5.41, 5.74) is 1.75. The highest BCUT2D eigenvalue weighted by atomic mass is 16.3. The summed E-state index contributed by atoms with van der Waals surface area (Å²) in [6, 6.07) is 0. The zero-order valence-electron chi connectivity index (χ0n) is 15.6. The summed E-state index contributed by atoms with van der Waals surface area (Å²) in [6.07, 6.45) is 14.2. The van der Waals surface area contributed by atoms with E-state index in [1.807, 2.05) is 39.0 Å². The topological polar surface area (TPSA) is 66.4 Å². The van der Waals surface area contributed by atoms with Gasteiger partial charge >= 0.3 is 0 Å². The van der Waals surface area contributed by atoms with Gasteiger partial charge in [0.1, 0.15) is 6.29 Å². The molecule has 4 nitrogen and oxygen atoms in total. The third kappa shape index (κ3) is 7.48. The van der Waals surface area contributed by atoms with Crippen molar-refractivity contribution in [3.63, 3.8) is 0 Å². The van der Waals surface area contributed by atoms with Gasteiger partial charge in [-0.25, -0.2) is 0 Å². The van der Waals surface area contributed by atoms with Crippen molar-refractivity contribution in [3.05, 3.63) is 59.4 Å². The van der Waals surface area contributed by atoms with Gasteiger partial charge in [0.05, 0.1) is 11.8 Å². The number of hydrogen-bond acceptors (Lipinski definition) is 4. The SMILES string of the molecule is CC(C=O)=CCCC(C)(C)C(O)C=CC(C)=CC(=O)C1=CC=CCN1. The summed E-state index contributed by atoms with van der Waals surface area (Å²) >= 11 is 0. The number of carbonyl (C=O) groups excluding carboxylic acids is 2. The van der Waals surface area contributed by atoms with Crippen LogP contribution in [0.5, 0.6) is 0 Å². The molecule has 0 amide bonds. The van der Waals surface area contributed by atoms with Crippen LogP contribution in [0.15, 0.2) is 59.4 Å². The Morgan fingerprint density at radius 1 is 1.36 bits per heavy atom. The zero-order chi connectivity index (χ0) is 18.9. The molecule has 1 aliphatic heterocycles. The van der Waals surface area contributed by atoms with E-state index in [2.05, 4.69) is 5.32 Å². The molecule has 4 heteroatoms. The molecule has 136 valence electrons. The predicted molar refractivity (Wildman–Crippen MR) is 102 cm³/mol. The number of carbonyl (C=O) groups is 2. The fraction of sp³-hybridized carbons (Fsp3) is 0.429. The number of ketones is 1. The third-order valence-electron chi connectivity index (χ3n) is 4.22. The van der Waals surface area contributed by atoms with E-state index < -0.39 is 6.10 Å². The highest BCUT2D eigenvalue weighted by Crippen LogP contribution is 2.28. The first-order chi connectivity index (χ1) is 11.8. The quantitative estimate of drug-likeness (QED) is 0.382. The number of rotatable bonds is 9. The van der Waals surface area contributed by atoms with Gasteiger partial charge in [0, 0.05) is 6.54 Å². The molecule has 1 unspecified atom stereocenters. The molecule has 1 aliphatic rings. The first-order valence-electron chi connectivity index (χ1n) is 8.58. The molecule has 0 aromatic carbocycles. The normalized spacial score (nSPS) is 17.2. The summed E-state index contributed by atoms with van der Waals surface area (Å²) in [6.45, 7) is 8.24. The molecule has 1 atom stereocenters. The number of aldehydes is 1. The van der Waals surface area contributed by atoms with E-state index in [1.165, 1.54) is 0 Å². The van der Waals surface area contributed by atoms with Gasteiger partial charge in [-0.3, -0.25) is 9.59 Å². The maximum atomic E-state index is 12.1. The van der Waals surface area contributed by atoms with Gasteiger partial charge in [0.2, 0.25) is 5.78 Å². The minimum atomic E-state index is -0.633. The highest BCUT2D eigenvalue weighted by Gasteiger charge is 2.24. The fourth-order valence-electron chi connectivity index (χ4n) is 2.33. The second-order valence-electron chi connectivity index (χ2n) is 7.04. The van der Waals surface area contributed by atoms with Crippen LogP contribution < -0.4 is 5.32 Å². The molecule has 0 radical (unpaired) electrons. The Labute approximate surface area is 150 Å². The Kier molecular flexibility index (Phi) is 8.29. The molecule has 1 rings (SSSR count). The summed E-state index contributed by atoms with van der Waals surface area (Å²) in [5.74, 6) is -0.0743. The van der Waals surface area contributed by atoms with Gasteiger partial charge in [-0.05, 0) is 55.4 Å². The van der Waals surface area contributed by atoms with Crippen LogP contribution in [0.2, 0.25) is 0 Å². The molecule has 25 heavy (non-hydrogen) atoms. The van der Waals surface area contributed by atoms with Crippen molar-refractivity contribution in [2.75, 3.05) is 6.54 Å². The van der Waals surface area contributed by atoms with Crippen LogP contribution in [0.3, 0.4) is 0 Å². The van der Waals surface area contributed by atoms with Crippen molar-refractivity contribution in [2.24, 2.45) is 5.41 Å². The highest BCUT2D eigenvalue weighted by molar-refractivity contribution is 6.04. The molecule has 0 saturated carbocycles. The molecule has 0 bridgehead atoms. The standard InChI is InChI=1S/C21H29NO3/c1-16(14-19(24)18-9-5-6-13-22-18)10-11-20(25)21(3,4)12-7-8-17(2)15-23/h5-6,8-11,14-15,20,22,25H,7,12-13H2,1-4H3. The Bertz CT molecular complexity index is 634. The summed E-state index contributed by atoms with van der Waals surface area (Å²) in [5, 5.41) is 13.4. The van der Waals surface area contributed by atoms with Gasteiger partial charge in [-0.2, -0.15) is 0 Å². The first-order valence-corrected chi connectivity index (χ1v) is 8.58. The molecule has 1 heterocycles. The minimum Gasteiger partial charge on any atom is -0.388 e. The van der Waals surface area contributed by atoms with E-state index in [4.69, 9.17) is 0 Å². The third-order valence-corrected chi connectivity index (χ3v) is 4.22. The van der Waals surface area contributed by atoms with E-state index in [-0.39, 0.29) is 11.2 Å². The number of dihydropyridines is 1. The maximum Gasteiger partial charge on any atom is 0.201 e. The number of nitrogens with one attached hydrogen (secondary N) is 1. The van der Waals surface area contributed by atoms with Gasteiger partial charge in [-0.15, -0.1) is 0 Å². The average Bonchev–Trinajstić information content (AvgIpc) is 2.59. The monoisotopic (exact) mass is 343 g/mol. The van der Waals surface area contributed by atoms with Crippen LogP contribution in [-0.2, 0) is 9.59 Å². The number of allylic oxidation sites excluding steroid dienone is 7. The number of aliphatic hydroxyl groups is 1. The summed E-state index contributed by atoms with van der Waals surface area (Å²) < 4.78 is 0. The molecule has 0 fully saturated rings. The van der Waals surface area contributed by atoms with Crippen LogP contribution in [-0.4, -0.2) is 29.8 Å². The summed E-state index contributed by atoms with van der Waals surface area (Å²) in [7, 11) is 0. The van der Waals surface area contributed by atoms with Crippen molar-refractivity contribution >= 4 is 12.1 Å². The molecular formula is C21H29NO3. The fourth-order valence-corrected chi connectivity index (χ4v) is 2.33. The van der Waals surface area contributed by atoms with Crippen LogP contribution in [0, 0.1) is 5.41 Å². The minimum absolute atomic E-state index is 0.0743. The Morgan fingerprint density at radius 3 is 2.68 bits per heavy atom. The van der Waals surface area contributed by atoms with E-state index in [9.17, 15) is 14.7 Å². The van der Waals surface area contributed by atoms with Crippen LogP contribution >= 0.6 is 0 Å². The van der Waals surface area contributed by atoms with Crippen molar-refractivity contribution in [3.8, 4) is 0 Å². The molecule has 0 spiro atoms. The zero-order valence-corrected chi connectivity index (χ0v) is 15.6. The van der Waals surface area contributed by atoms with E-state index in [0.717, 1.165) is 24.7 Å². The lowest BCUT2D eigenvalue weighted by atomic mass is 9.81. The number of aliphatic hydroxyl groups excluding tert-OH is 1. The van der Waals surface area contributed by atoms with Crippen LogP contribution in [0.4, 0.5) is 0 Å². The lowest BCUT2D eigenvalue weighted by Gasteiger charge is -2.28. The second kappa shape index (κ2) is 9.94.